The zero-order chi connectivity index (χ0) is 22.7. The molecular formula is C22H22N4O5S. The van der Waals surface area contributed by atoms with Crippen LogP contribution in [0, 0.1) is 12.8 Å². The Hall–Kier alpha value is -3.24. The van der Waals surface area contributed by atoms with Crippen LogP contribution in [-0.2, 0) is 21.2 Å². The number of carbonyl (C=O) groups excluding carboxylic acids is 2. The molecule has 0 bridgehead atoms. The lowest BCUT2D eigenvalue weighted by Crippen LogP contribution is -2.44. The molecule has 3 aromatic rings. The fourth-order valence-electron chi connectivity index (χ4n) is 4.76. The van der Waals surface area contributed by atoms with Crippen molar-refractivity contribution in [2.75, 3.05) is 0 Å². The van der Waals surface area contributed by atoms with Crippen LogP contribution in [0.5, 0.6) is 0 Å². The lowest BCUT2D eigenvalue weighted by atomic mass is 9.94. The summed E-state index contributed by atoms with van der Waals surface area (Å²) in [5, 5.41) is 11.4. The van der Waals surface area contributed by atoms with Crippen molar-refractivity contribution in [2.24, 2.45) is 11.1 Å². The molecule has 32 heavy (non-hydrogen) atoms. The monoisotopic (exact) mass is 454 g/mol. The van der Waals surface area contributed by atoms with E-state index in [1.54, 1.807) is 6.07 Å². The first-order chi connectivity index (χ1) is 15.1. The van der Waals surface area contributed by atoms with E-state index < -0.39 is 21.6 Å². The van der Waals surface area contributed by atoms with Gasteiger partial charge in [-0.1, -0.05) is 11.6 Å². The zero-order valence-corrected chi connectivity index (χ0v) is 18.2. The lowest BCUT2D eigenvalue weighted by Gasteiger charge is -2.20. The Labute approximate surface area is 184 Å². The van der Waals surface area contributed by atoms with Crippen molar-refractivity contribution in [3.8, 4) is 11.5 Å². The van der Waals surface area contributed by atoms with Gasteiger partial charge in [0.1, 0.15) is 21.7 Å². The predicted molar refractivity (Wildman–Crippen MR) is 116 cm³/mol. The van der Waals surface area contributed by atoms with Gasteiger partial charge in [0, 0.05) is 5.39 Å². The van der Waals surface area contributed by atoms with Gasteiger partial charge in [-0.15, -0.1) is 0 Å². The number of fused-ring (bicyclic) bond motifs is 1. The Bertz CT molecular complexity index is 1380. The molecule has 1 saturated heterocycles. The van der Waals surface area contributed by atoms with Crippen molar-refractivity contribution in [1.29, 1.82) is 0 Å². The van der Waals surface area contributed by atoms with Crippen LogP contribution in [0.1, 0.15) is 30.5 Å². The molecule has 1 spiro atoms. The van der Waals surface area contributed by atoms with E-state index in [4.69, 9.17) is 9.56 Å². The molecule has 0 radical (unpaired) electrons. The first kappa shape index (κ1) is 20.7. The maximum atomic E-state index is 12.2. The molecule has 1 aromatic carbocycles. The number of primary sulfonamides is 1. The van der Waals surface area contributed by atoms with Crippen LogP contribution in [0.15, 0.2) is 45.7 Å². The third-order valence-electron chi connectivity index (χ3n) is 6.28. The standard InChI is InChI=1S/C22H22N4O5S/c1-12-2-4-17-14(8-12)10-18(31-17)15-3-5-19(32(23,29)30)16(24-15)9-13-6-7-22(11-13)20(27)25-21(28)26-22/h2-5,8,10,13H,6-7,9,11H2,1H3,(H2,23,29,30)(H2,25,26,27,28). The largest absolute Gasteiger partial charge is 0.454 e. The number of nitrogens with zero attached hydrogens (tertiary/aromatic N) is 1. The minimum Gasteiger partial charge on any atom is -0.454 e. The summed E-state index contributed by atoms with van der Waals surface area (Å²) in [7, 11) is -3.99. The third-order valence-corrected chi connectivity index (χ3v) is 7.26. The molecule has 1 saturated carbocycles. The number of hydrogen-bond donors (Lipinski definition) is 3. The summed E-state index contributed by atoms with van der Waals surface area (Å²) in [5.74, 6) is 0.148. The number of imide groups is 1. The SMILES string of the molecule is Cc1ccc2oc(-c3ccc(S(N)(=O)=O)c(CC4CCC5(C4)NC(=O)NC5=O)n3)cc2c1. The van der Waals surface area contributed by atoms with Crippen LogP contribution in [0.4, 0.5) is 4.79 Å². The Balaban J connectivity index is 1.49. The number of aromatic nitrogens is 1. The molecule has 1 aliphatic heterocycles. The number of benzene rings is 1. The number of nitrogens with two attached hydrogens (primary N) is 1. The second-order valence-corrected chi connectivity index (χ2v) is 10.2. The number of rotatable bonds is 4. The summed E-state index contributed by atoms with van der Waals surface area (Å²) in [6.07, 6.45) is 1.85. The Morgan fingerprint density at radius 3 is 2.75 bits per heavy atom. The summed E-state index contributed by atoms with van der Waals surface area (Å²) >= 11 is 0. The number of carbonyl (C=O) groups is 2. The van der Waals surface area contributed by atoms with Crippen molar-refractivity contribution in [3.05, 3.63) is 47.7 Å². The number of furan rings is 1. The molecular weight excluding hydrogens is 432 g/mol. The van der Waals surface area contributed by atoms with Crippen LogP contribution in [0.3, 0.4) is 0 Å². The van der Waals surface area contributed by atoms with Gasteiger partial charge in [0.25, 0.3) is 5.91 Å². The number of amides is 3. The highest BCUT2D eigenvalue weighted by Gasteiger charge is 2.51. The number of nitrogens with one attached hydrogen (secondary N) is 2. The van der Waals surface area contributed by atoms with Crippen LogP contribution >= 0.6 is 0 Å². The number of hydrogen-bond acceptors (Lipinski definition) is 6. The second kappa shape index (κ2) is 7.14. The van der Waals surface area contributed by atoms with Crippen LogP contribution < -0.4 is 15.8 Å². The molecule has 2 fully saturated rings. The van der Waals surface area contributed by atoms with E-state index >= 15 is 0 Å². The molecule has 3 amide bonds. The van der Waals surface area contributed by atoms with Crippen molar-refractivity contribution in [2.45, 2.75) is 43.0 Å². The third kappa shape index (κ3) is 3.55. The minimum absolute atomic E-state index is 0.0410. The van der Waals surface area contributed by atoms with E-state index in [1.807, 2.05) is 31.2 Å². The maximum absolute atomic E-state index is 12.2. The number of pyridine rings is 1. The van der Waals surface area contributed by atoms with Crippen LogP contribution in [-0.4, -0.2) is 30.9 Å². The van der Waals surface area contributed by atoms with E-state index in [9.17, 15) is 18.0 Å². The van der Waals surface area contributed by atoms with Crippen molar-refractivity contribution in [3.63, 3.8) is 0 Å². The molecule has 4 N–H and O–H groups in total. The summed E-state index contributed by atoms with van der Waals surface area (Å²) in [6.45, 7) is 1.99. The van der Waals surface area contributed by atoms with Gasteiger partial charge in [0.2, 0.25) is 10.0 Å². The molecule has 2 aromatic heterocycles. The van der Waals surface area contributed by atoms with E-state index in [0.29, 0.717) is 48.4 Å². The van der Waals surface area contributed by atoms with Gasteiger partial charge in [0.05, 0.1) is 5.69 Å². The van der Waals surface area contributed by atoms with E-state index in [2.05, 4.69) is 15.6 Å². The first-order valence-electron chi connectivity index (χ1n) is 10.3. The smallest absolute Gasteiger partial charge is 0.322 e. The highest BCUT2D eigenvalue weighted by molar-refractivity contribution is 7.89. The van der Waals surface area contributed by atoms with Crippen molar-refractivity contribution >= 4 is 32.9 Å². The molecule has 9 nitrogen and oxygen atoms in total. The Morgan fingerprint density at radius 2 is 2.03 bits per heavy atom. The zero-order valence-electron chi connectivity index (χ0n) is 17.3. The molecule has 166 valence electrons. The van der Waals surface area contributed by atoms with E-state index in [0.717, 1.165) is 10.9 Å². The van der Waals surface area contributed by atoms with Gasteiger partial charge >= 0.3 is 6.03 Å². The normalized spacial score (nSPS) is 23.1. The van der Waals surface area contributed by atoms with E-state index in [-0.39, 0.29) is 16.7 Å². The summed E-state index contributed by atoms with van der Waals surface area (Å²) in [4.78, 5) is 28.4. The van der Waals surface area contributed by atoms with Crippen LogP contribution in [0.2, 0.25) is 0 Å². The van der Waals surface area contributed by atoms with Crippen LogP contribution in [0.25, 0.3) is 22.4 Å². The predicted octanol–water partition coefficient (Wildman–Crippen LogP) is 2.37. The summed E-state index contributed by atoms with van der Waals surface area (Å²) in [5.41, 5.74) is 1.71. The lowest BCUT2D eigenvalue weighted by molar-refractivity contribution is -0.123. The Kier molecular flexibility index (Phi) is 4.61. The highest BCUT2D eigenvalue weighted by atomic mass is 32.2. The first-order valence-corrected chi connectivity index (χ1v) is 11.8. The number of aryl methyl sites for hydroxylation is 1. The average molecular weight is 455 g/mol. The highest BCUT2D eigenvalue weighted by Crippen LogP contribution is 2.39. The molecule has 1 aliphatic carbocycles. The molecule has 3 heterocycles. The second-order valence-electron chi connectivity index (χ2n) is 8.64. The quantitative estimate of drug-likeness (QED) is 0.516. The van der Waals surface area contributed by atoms with Gasteiger partial charge in [-0.05, 0) is 68.9 Å². The molecule has 5 rings (SSSR count). The minimum atomic E-state index is -3.99. The summed E-state index contributed by atoms with van der Waals surface area (Å²) < 4.78 is 30.3. The van der Waals surface area contributed by atoms with Gasteiger partial charge in [-0.25, -0.2) is 23.3 Å². The fraction of sp³-hybridized carbons (Fsp3) is 0.318. The molecule has 2 aliphatic rings. The summed E-state index contributed by atoms with van der Waals surface area (Å²) in [6, 6.07) is 10.2. The molecule has 2 atom stereocenters. The topological polar surface area (TPSA) is 144 Å². The number of urea groups is 1. The van der Waals surface area contributed by atoms with Gasteiger partial charge < -0.3 is 9.73 Å². The van der Waals surface area contributed by atoms with Crippen molar-refractivity contribution < 1.29 is 22.4 Å². The Morgan fingerprint density at radius 1 is 1.22 bits per heavy atom. The van der Waals surface area contributed by atoms with Crippen molar-refractivity contribution in [1.82, 2.24) is 15.6 Å². The molecule has 10 heteroatoms. The van der Waals surface area contributed by atoms with Gasteiger partial charge in [-0.3, -0.25) is 10.1 Å². The average Bonchev–Trinajstić information content (AvgIpc) is 3.38. The van der Waals surface area contributed by atoms with Gasteiger partial charge in [0.15, 0.2) is 5.76 Å². The fourth-order valence-corrected chi connectivity index (χ4v) is 5.48. The van der Waals surface area contributed by atoms with Gasteiger partial charge in [-0.2, -0.15) is 0 Å². The van der Waals surface area contributed by atoms with E-state index in [1.165, 1.54) is 6.07 Å². The number of sulfonamides is 1. The molecule has 2 unspecified atom stereocenters. The maximum Gasteiger partial charge on any atom is 0.322 e.